The highest BCUT2D eigenvalue weighted by atomic mass is 35.5. The van der Waals surface area contributed by atoms with Crippen LogP contribution in [0.3, 0.4) is 0 Å². The molecule has 18 heavy (non-hydrogen) atoms. The molecule has 1 aromatic carbocycles. The van der Waals surface area contributed by atoms with Gasteiger partial charge in [0.15, 0.2) is 11.5 Å². The quantitative estimate of drug-likeness (QED) is 0.681. The highest BCUT2D eigenvalue weighted by Gasteiger charge is 2.11. The van der Waals surface area contributed by atoms with Gasteiger partial charge in [-0.2, -0.15) is 0 Å². The minimum absolute atomic E-state index is 0.606. The molecule has 0 unspecified atom stereocenters. The van der Waals surface area contributed by atoms with Gasteiger partial charge in [0.05, 0.1) is 0 Å². The molecule has 6 heteroatoms. The van der Waals surface area contributed by atoms with Crippen molar-refractivity contribution in [1.82, 2.24) is 19.6 Å². The molecule has 2 aromatic heterocycles. The maximum atomic E-state index is 5.98. The molecule has 90 valence electrons. The van der Waals surface area contributed by atoms with E-state index in [1.807, 2.05) is 13.0 Å². The highest BCUT2D eigenvalue weighted by Crippen LogP contribution is 2.27. The van der Waals surface area contributed by atoms with Gasteiger partial charge in [0, 0.05) is 28.0 Å². The summed E-state index contributed by atoms with van der Waals surface area (Å²) in [5, 5.41) is 8.85. The Morgan fingerprint density at radius 2 is 2.06 bits per heavy atom. The summed E-state index contributed by atoms with van der Waals surface area (Å²) in [5.74, 6) is 0.637. The number of halogens is 1. The number of nitrogen functional groups attached to an aromatic ring is 1. The molecule has 3 rings (SSSR count). The van der Waals surface area contributed by atoms with Crippen LogP contribution in [0, 0.1) is 6.92 Å². The Bertz CT molecular complexity index is 734. The molecule has 0 aliphatic carbocycles. The van der Waals surface area contributed by atoms with E-state index in [1.165, 1.54) is 0 Å². The van der Waals surface area contributed by atoms with Crippen molar-refractivity contribution >= 4 is 22.9 Å². The summed E-state index contributed by atoms with van der Waals surface area (Å²) < 4.78 is 1.79. The molecule has 0 radical (unpaired) electrons. The normalized spacial score (nSPS) is 11.0. The summed E-state index contributed by atoms with van der Waals surface area (Å²) in [6.45, 7) is 1.90. The zero-order valence-corrected chi connectivity index (χ0v) is 10.4. The van der Waals surface area contributed by atoms with Crippen LogP contribution >= 0.6 is 11.6 Å². The van der Waals surface area contributed by atoms with Gasteiger partial charge >= 0.3 is 0 Å². The first kappa shape index (κ1) is 11.0. The summed E-state index contributed by atoms with van der Waals surface area (Å²) in [6.07, 6.45) is 1.68. The molecule has 0 fully saturated rings. The van der Waals surface area contributed by atoms with E-state index in [2.05, 4.69) is 15.2 Å². The lowest BCUT2D eigenvalue weighted by molar-refractivity contribution is 1.05. The predicted molar refractivity (Wildman–Crippen MR) is 70.4 cm³/mol. The minimum atomic E-state index is 0.606. The van der Waals surface area contributed by atoms with E-state index in [4.69, 9.17) is 17.3 Å². The summed E-state index contributed by atoms with van der Waals surface area (Å²) >= 11 is 5.98. The number of nitrogens with zero attached hydrogens (tertiary/aromatic N) is 4. The summed E-state index contributed by atoms with van der Waals surface area (Å²) in [7, 11) is 0. The number of aromatic nitrogens is 4. The second-order valence-electron chi connectivity index (χ2n) is 4.01. The maximum absolute atomic E-state index is 5.98. The van der Waals surface area contributed by atoms with Crippen molar-refractivity contribution in [2.24, 2.45) is 0 Å². The number of fused-ring (bicyclic) bond motifs is 1. The van der Waals surface area contributed by atoms with Gasteiger partial charge in [0.25, 0.3) is 0 Å². The first-order valence-electron chi connectivity index (χ1n) is 5.38. The molecule has 0 saturated carbocycles. The number of anilines is 1. The van der Waals surface area contributed by atoms with Gasteiger partial charge < -0.3 is 5.73 Å². The van der Waals surface area contributed by atoms with Crippen LogP contribution in [-0.2, 0) is 0 Å². The monoisotopic (exact) mass is 259 g/mol. The van der Waals surface area contributed by atoms with E-state index >= 15 is 0 Å². The number of hydrogen-bond acceptors (Lipinski definition) is 4. The molecule has 0 aliphatic heterocycles. The fourth-order valence-electron chi connectivity index (χ4n) is 1.79. The van der Waals surface area contributed by atoms with Crippen molar-refractivity contribution in [3.63, 3.8) is 0 Å². The molecule has 0 saturated heterocycles. The summed E-state index contributed by atoms with van der Waals surface area (Å²) in [4.78, 5) is 4.23. The minimum Gasteiger partial charge on any atom is -0.398 e. The van der Waals surface area contributed by atoms with Gasteiger partial charge in [-0.3, -0.25) is 4.40 Å². The fraction of sp³-hybridized carbons (Fsp3) is 0.0833. The molecule has 5 nitrogen and oxygen atoms in total. The zero-order valence-electron chi connectivity index (χ0n) is 9.63. The molecular formula is C12H10ClN5. The number of rotatable bonds is 1. The lowest BCUT2D eigenvalue weighted by Crippen LogP contribution is -1.96. The van der Waals surface area contributed by atoms with E-state index < -0.39 is 0 Å². The Kier molecular flexibility index (Phi) is 2.41. The van der Waals surface area contributed by atoms with Crippen LogP contribution < -0.4 is 5.73 Å². The standard InChI is InChI=1S/C12H10ClN5/c1-7-4-11-16-17-12(18(11)6-15-7)9-5-8(13)2-3-10(9)14/h2-6H,14H2,1H3. The lowest BCUT2D eigenvalue weighted by atomic mass is 10.1. The average Bonchev–Trinajstić information content (AvgIpc) is 2.75. The smallest absolute Gasteiger partial charge is 0.171 e. The Morgan fingerprint density at radius 3 is 2.89 bits per heavy atom. The predicted octanol–water partition coefficient (Wildman–Crippen LogP) is 2.34. The van der Waals surface area contributed by atoms with Crippen LogP contribution in [0.15, 0.2) is 30.6 Å². The SMILES string of the molecule is Cc1cc2nnc(-c3cc(Cl)ccc3N)n2cn1. The molecule has 2 N–H and O–H groups in total. The van der Waals surface area contributed by atoms with E-state index in [-0.39, 0.29) is 0 Å². The highest BCUT2D eigenvalue weighted by molar-refractivity contribution is 6.31. The first-order chi connectivity index (χ1) is 8.65. The van der Waals surface area contributed by atoms with Crippen LogP contribution in [0.1, 0.15) is 5.69 Å². The van der Waals surface area contributed by atoms with Gasteiger partial charge in [0.1, 0.15) is 6.33 Å². The number of nitrogens with two attached hydrogens (primary N) is 1. The topological polar surface area (TPSA) is 69.1 Å². The molecule has 0 atom stereocenters. The summed E-state index contributed by atoms with van der Waals surface area (Å²) in [6, 6.07) is 7.12. The van der Waals surface area contributed by atoms with Gasteiger partial charge in [-0.25, -0.2) is 4.98 Å². The van der Waals surface area contributed by atoms with E-state index in [0.717, 1.165) is 16.9 Å². The zero-order chi connectivity index (χ0) is 12.7. The molecule has 0 spiro atoms. The Morgan fingerprint density at radius 1 is 1.22 bits per heavy atom. The number of aryl methyl sites for hydroxylation is 1. The molecular weight excluding hydrogens is 250 g/mol. The molecule has 0 bridgehead atoms. The Hall–Kier alpha value is -2.14. The van der Waals surface area contributed by atoms with Crippen molar-refractivity contribution in [3.05, 3.63) is 41.3 Å². The van der Waals surface area contributed by atoms with E-state index in [9.17, 15) is 0 Å². The second-order valence-corrected chi connectivity index (χ2v) is 4.45. The molecule has 2 heterocycles. The van der Waals surface area contributed by atoms with E-state index in [1.54, 1.807) is 28.9 Å². The van der Waals surface area contributed by atoms with Crippen molar-refractivity contribution < 1.29 is 0 Å². The summed E-state index contributed by atoms with van der Waals surface area (Å²) in [5.41, 5.74) is 8.92. The third-order valence-corrected chi connectivity index (χ3v) is 2.93. The average molecular weight is 260 g/mol. The molecule has 3 aromatic rings. The van der Waals surface area contributed by atoms with Crippen LogP contribution in [0.5, 0.6) is 0 Å². The largest absolute Gasteiger partial charge is 0.398 e. The van der Waals surface area contributed by atoms with Crippen LogP contribution in [-0.4, -0.2) is 19.6 Å². The van der Waals surface area contributed by atoms with Crippen molar-refractivity contribution in [1.29, 1.82) is 0 Å². The number of hydrogen-bond donors (Lipinski definition) is 1. The maximum Gasteiger partial charge on any atom is 0.171 e. The van der Waals surface area contributed by atoms with Crippen molar-refractivity contribution in [2.45, 2.75) is 6.92 Å². The third-order valence-electron chi connectivity index (χ3n) is 2.69. The van der Waals surface area contributed by atoms with E-state index in [0.29, 0.717) is 16.5 Å². The first-order valence-corrected chi connectivity index (χ1v) is 5.76. The van der Waals surface area contributed by atoms with Crippen molar-refractivity contribution in [3.8, 4) is 11.4 Å². The Labute approximate surface area is 108 Å². The number of benzene rings is 1. The van der Waals surface area contributed by atoms with Crippen molar-refractivity contribution in [2.75, 3.05) is 5.73 Å². The Balaban J connectivity index is 2.28. The van der Waals surface area contributed by atoms with Gasteiger partial charge in [-0.05, 0) is 25.1 Å². The fourth-order valence-corrected chi connectivity index (χ4v) is 1.97. The van der Waals surface area contributed by atoms with Gasteiger partial charge in [-0.15, -0.1) is 10.2 Å². The molecule has 0 aliphatic rings. The second kappa shape index (κ2) is 3.96. The third kappa shape index (κ3) is 1.69. The van der Waals surface area contributed by atoms with Gasteiger partial charge in [0.2, 0.25) is 0 Å². The molecule has 0 amide bonds. The van der Waals surface area contributed by atoms with Crippen LogP contribution in [0.4, 0.5) is 5.69 Å². The lowest BCUT2D eigenvalue weighted by Gasteiger charge is -2.04. The van der Waals surface area contributed by atoms with Crippen LogP contribution in [0.25, 0.3) is 17.0 Å². The van der Waals surface area contributed by atoms with Gasteiger partial charge in [-0.1, -0.05) is 11.6 Å². The van der Waals surface area contributed by atoms with Crippen LogP contribution in [0.2, 0.25) is 5.02 Å².